The number of fused-ring (bicyclic) bond motifs is 5. The maximum absolute atomic E-state index is 4.85. The zero-order chi connectivity index (χ0) is 19.3. The van der Waals surface area contributed by atoms with Gasteiger partial charge in [-0.05, 0) is 23.8 Å². The summed E-state index contributed by atoms with van der Waals surface area (Å²) >= 11 is 0. The van der Waals surface area contributed by atoms with Gasteiger partial charge in [-0.15, -0.1) is 0 Å². The van der Waals surface area contributed by atoms with Crippen molar-refractivity contribution in [2.45, 2.75) is 25.0 Å². The monoisotopic (exact) mass is 383 g/mol. The molecule has 146 valence electrons. The molecule has 5 nitrogen and oxygen atoms in total. The molecular formula is C24H25N5. The van der Waals surface area contributed by atoms with E-state index in [9.17, 15) is 0 Å². The molecule has 0 aliphatic carbocycles. The fourth-order valence-corrected chi connectivity index (χ4v) is 5.21. The molecule has 0 atom stereocenters. The second-order valence-corrected chi connectivity index (χ2v) is 8.33. The first-order valence-corrected chi connectivity index (χ1v) is 10.6. The standard InChI is InChI=1S/C24H25N5/c1-2-9-21-20(8-1)23-26-13-16-29(23)24(27-21)10-14-28(15-11-24)17-19-6-3-5-18-7-4-12-25-22(18)19/h1-9,12,27H,10-11,13-17H2. The molecule has 0 amide bonds. The summed E-state index contributed by atoms with van der Waals surface area (Å²) in [5.41, 5.74) is 4.94. The Morgan fingerprint density at radius 1 is 0.931 bits per heavy atom. The van der Waals surface area contributed by atoms with Crippen molar-refractivity contribution >= 4 is 22.4 Å². The first-order chi connectivity index (χ1) is 14.3. The molecule has 0 bridgehead atoms. The minimum atomic E-state index is -0.00279. The minimum Gasteiger partial charge on any atom is -0.362 e. The lowest BCUT2D eigenvalue weighted by molar-refractivity contribution is 0.0898. The molecule has 1 spiro atoms. The molecule has 1 fully saturated rings. The summed E-state index contributed by atoms with van der Waals surface area (Å²) in [4.78, 5) is 14.6. The first-order valence-electron chi connectivity index (χ1n) is 10.6. The van der Waals surface area contributed by atoms with Gasteiger partial charge in [0, 0.05) is 61.9 Å². The number of amidine groups is 1. The molecule has 5 heteroatoms. The molecule has 3 aromatic rings. The fraction of sp³-hybridized carbons (Fsp3) is 0.333. The Kier molecular flexibility index (Phi) is 3.84. The van der Waals surface area contributed by atoms with Crippen LogP contribution in [-0.2, 0) is 6.54 Å². The van der Waals surface area contributed by atoms with Gasteiger partial charge in [0.1, 0.15) is 11.5 Å². The maximum atomic E-state index is 4.85. The van der Waals surface area contributed by atoms with Gasteiger partial charge in [0.05, 0.1) is 12.1 Å². The van der Waals surface area contributed by atoms with Crippen molar-refractivity contribution in [2.75, 3.05) is 31.5 Å². The third-order valence-electron chi connectivity index (χ3n) is 6.69. The van der Waals surface area contributed by atoms with E-state index >= 15 is 0 Å². The largest absolute Gasteiger partial charge is 0.362 e. The van der Waals surface area contributed by atoms with E-state index in [0.717, 1.165) is 51.1 Å². The van der Waals surface area contributed by atoms with E-state index in [4.69, 9.17) is 4.99 Å². The van der Waals surface area contributed by atoms with E-state index in [1.165, 1.54) is 28.0 Å². The van der Waals surface area contributed by atoms with Crippen molar-refractivity contribution in [2.24, 2.45) is 4.99 Å². The number of piperidine rings is 1. The highest BCUT2D eigenvalue weighted by Crippen LogP contribution is 2.39. The Labute approximate surface area is 171 Å². The third-order valence-corrected chi connectivity index (χ3v) is 6.69. The Balaban J connectivity index is 1.24. The van der Waals surface area contributed by atoms with E-state index in [-0.39, 0.29) is 5.66 Å². The minimum absolute atomic E-state index is 0.00279. The summed E-state index contributed by atoms with van der Waals surface area (Å²) in [7, 11) is 0. The lowest BCUT2D eigenvalue weighted by Crippen LogP contribution is -2.63. The van der Waals surface area contributed by atoms with E-state index in [2.05, 4.69) is 68.6 Å². The van der Waals surface area contributed by atoms with Crippen LogP contribution in [0.5, 0.6) is 0 Å². The number of aliphatic imine (C=N–C) groups is 1. The Morgan fingerprint density at radius 3 is 2.72 bits per heavy atom. The number of hydrogen-bond acceptors (Lipinski definition) is 5. The lowest BCUT2D eigenvalue weighted by atomic mass is 9.90. The fourth-order valence-electron chi connectivity index (χ4n) is 5.21. The van der Waals surface area contributed by atoms with Crippen molar-refractivity contribution in [3.8, 4) is 0 Å². The number of hydrogen-bond donors (Lipinski definition) is 1. The van der Waals surface area contributed by atoms with Gasteiger partial charge >= 0.3 is 0 Å². The Hall–Kier alpha value is -2.92. The number of benzene rings is 2. The molecule has 1 aromatic heterocycles. The van der Waals surface area contributed by atoms with Gasteiger partial charge in [-0.1, -0.05) is 36.4 Å². The van der Waals surface area contributed by atoms with E-state index < -0.39 is 0 Å². The van der Waals surface area contributed by atoms with Crippen LogP contribution in [0.3, 0.4) is 0 Å². The van der Waals surface area contributed by atoms with E-state index in [1.54, 1.807) is 0 Å². The molecule has 0 saturated carbocycles. The van der Waals surface area contributed by atoms with Crippen LogP contribution < -0.4 is 5.32 Å². The molecule has 3 aliphatic rings. The van der Waals surface area contributed by atoms with Gasteiger partial charge in [0.2, 0.25) is 0 Å². The van der Waals surface area contributed by atoms with Crippen molar-refractivity contribution in [3.63, 3.8) is 0 Å². The van der Waals surface area contributed by atoms with Crippen LogP contribution in [0.1, 0.15) is 24.0 Å². The van der Waals surface area contributed by atoms with Gasteiger partial charge in [-0.2, -0.15) is 0 Å². The quantitative estimate of drug-likeness (QED) is 0.733. The number of nitrogens with one attached hydrogen (secondary N) is 1. The summed E-state index contributed by atoms with van der Waals surface area (Å²) in [5, 5.41) is 5.13. The second-order valence-electron chi connectivity index (χ2n) is 8.33. The topological polar surface area (TPSA) is 43.8 Å². The number of likely N-dealkylation sites (tertiary alicyclic amines) is 1. The van der Waals surface area contributed by atoms with Crippen LogP contribution in [0, 0.1) is 0 Å². The van der Waals surface area contributed by atoms with Gasteiger partial charge in [-0.25, -0.2) is 0 Å². The van der Waals surface area contributed by atoms with Crippen LogP contribution >= 0.6 is 0 Å². The number of rotatable bonds is 2. The summed E-state index contributed by atoms with van der Waals surface area (Å²) in [6, 6.07) is 19.3. The van der Waals surface area contributed by atoms with Crippen molar-refractivity contribution < 1.29 is 0 Å². The maximum Gasteiger partial charge on any atom is 0.134 e. The van der Waals surface area contributed by atoms with Crippen LogP contribution in [-0.4, -0.2) is 52.5 Å². The van der Waals surface area contributed by atoms with Crippen molar-refractivity contribution in [1.29, 1.82) is 0 Å². The zero-order valence-corrected chi connectivity index (χ0v) is 16.5. The summed E-state index contributed by atoms with van der Waals surface area (Å²) in [6.45, 7) is 5.02. The van der Waals surface area contributed by atoms with Crippen LogP contribution in [0.4, 0.5) is 5.69 Å². The summed E-state index contributed by atoms with van der Waals surface area (Å²) in [6.07, 6.45) is 4.09. The van der Waals surface area contributed by atoms with Crippen molar-refractivity contribution in [1.82, 2.24) is 14.8 Å². The molecule has 0 unspecified atom stereocenters. The molecule has 6 rings (SSSR count). The van der Waals surface area contributed by atoms with Gasteiger partial charge < -0.3 is 10.2 Å². The highest BCUT2D eigenvalue weighted by Gasteiger charge is 2.46. The highest BCUT2D eigenvalue weighted by atomic mass is 15.4. The molecule has 0 radical (unpaired) electrons. The molecular weight excluding hydrogens is 358 g/mol. The van der Waals surface area contributed by atoms with Crippen LogP contribution in [0.25, 0.3) is 10.9 Å². The predicted octanol–water partition coefficient (Wildman–Crippen LogP) is 3.71. The molecule has 4 heterocycles. The predicted molar refractivity (Wildman–Crippen MR) is 117 cm³/mol. The van der Waals surface area contributed by atoms with Gasteiger partial charge in [0.15, 0.2) is 0 Å². The Morgan fingerprint density at radius 2 is 1.79 bits per heavy atom. The SMILES string of the molecule is c1ccc2c(c1)NC1(CCN(Cc3cccc4cccnc34)CC1)N1CCN=C21. The third kappa shape index (κ3) is 2.72. The average Bonchev–Trinajstić information content (AvgIpc) is 3.27. The normalized spacial score (nSPS) is 20.3. The first kappa shape index (κ1) is 17.0. The molecule has 3 aliphatic heterocycles. The smallest absolute Gasteiger partial charge is 0.134 e. The number of aromatic nitrogens is 1. The second kappa shape index (κ2) is 6.56. The van der Waals surface area contributed by atoms with E-state index in [1.807, 2.05) is 12.3 Å². The molecule has 1 N–H and O–H groups in total. The summed E-state index contributed by atoms with van der Waals surface area (Å²) in [5.74, 6) is 1.19. The van der Waals surface area contributed by atoms with Crippen LogP contribution in [0.15, 0.2) is 65.8 Å². The molecule has 2 aromatic carbocycles. The van der Waals surface area contributed by atoms with Gasteiger partial charge in [0.25, 0.3) is 0 Å². The average molecular weight is 383 g/mol. The number of anilines is 1. The summed E-state index contributed by atoms with van der Waals surface area (Å²) < 4.78 is 0. The Bertz CT molecular complexity index is 1090. The van der Waals surface area contributed by atoms with Crippen molar-refractivity contribution in [3.05, 3.63) is 71.9 Å². The van der Waals surface area contributed by atoms with Gasteiger partial charge in [-0.3, -0.25) is 14.9 Å². The highest BCUT2D eigenvalue weighted by molar-refractivity contribution is 6.06. The lowest BCUT2D eigenvalue weighted by Gasteiger charge is -2.52. The zero-order valence-electron chi connectivity index (χ0n) is 16.5. The number of pyridine rings is 1. The molecule has 1 saturated heterocycles. The molecule has 29 heavy (non-hydrogen) atoms. The van der Waals surface area contributed by atoms with Crippen LogP contribution in [0.2, 0.25) is 0 Å². The number of para-hydroxylation sites is 2. The van der Waals surface area contributed by atoms with E-state index in [0.29, 0.717) is 0 Å². The number of nitrogens with zero attached hydrogens (tertiary/aromatic N) is 4.